The molecule has 2 aromatic rings. The summed E-state index contributed by atoms with van der Waals surface area (Å²) in [6.07, 6.45) is 7.84. The molecule has 1 saturated heterocycles. The summed E-state index contributed by atoms with van der Waals surface area (Å²) in [6, 6.07) is 11.3. The van der Waals surface area contributed by atoms with Crippen molar-refractivity contribution < 1.29 is 9.47 Å². The van der Waals surface area contributed by atoms with Crippen LogP contribution >= 0.6 is 0 Å². The SMILES string of the molecule is COc1cccc(OC[C@H]2[C@@H]3CC[C@H](C3)N2Cc2ccncc2C)c1. The molecule has 0 N–H and O–H groups in total. The quantitative estimate of drug-likeness (QED) is 0.802. The van der Waals surface area contributed by atoms with E-state index in [4.69, 9.17) is 9.47 Å². The summed E-state index contributed by atoms with van der Waals surface area (Å²) in [4.78, 5) is 6.89. The first-order valence-electron chi connectivity index (χ1n) is 9.16. The largest absolute Gasteiger partial charge is 0.497 e. The van der Waals surface area contributed by atoms with Crippen LogP contribution in [0.4, 0.5) is 0 Å². The van der Waals surface area contributed by atoms with Crippen LogP contribution in [-0.2, 0) is 6.54 Å². The second-order valence-corrected chi connectivity index (χ2v) is 7.26. The Hall–Kier alpha value is -2.07. The first-order chi connectivity index (χ1) is 12.2. The maximum atomic E-state index is 6.15. The van der Waals surface area contributed by atoms with Gasteiger partial charge in [0.15, 0.2) is 0 Å². The molecule has 132 valence electrons. The van der Waals surface area contributed by atoms with Crippen molar-refractivity contribution in [2.75, 3.05) is 13.7 Å². The predicted octanol–water partition coefficient (Wildman–Crippen LogP) is 3.83. The smallest absolute Gasteiger partial charge is 0.123 e. The molecule has 25 heavy (non-hydrogen) atoms. The van der Waals surface area contributed by atoms with Gasteiger partial charge >= 0.3 is 0 Å². The Morgan fingerprint density at radius 1 is 1.20 bits per heavy atom. The maximum Gasteiger partial charge on any atom is 0.123 e. The third kappa shape index (κ3) is 3.36. The number of pyridine rings is 1. The number of hydrogen-bond acceptors (Lipinski definition) is 4. The number of aryl methyl sites for hydroxylation is 1. The van der Waals surface area contributed by atoms with Crippen molar-refractivity contribution in [3.8, 4) is 11.5 Å². The minimum absolute atomic E-state index is 0.498. The lowest BCUT2D eigenvalue weighted by atomic mass is 9.98. The Bertz CT molecular complexity index is 733. The Morgan fingerprint density at radius 2 is 2.08 bits per heavy atom. The normalized spacial score (nSPS) is 25.3. The molecule has 2 heterocycles. The monoisotopic (exact) mass is 338 g/mol. The summed E-state index contributed by atoms with van der Waals surface area (Å²) in [5.74, 6) is 2.50. The van der Waals surface area contributed by atoms with Gasteiger partial charge in [-0.25, -0.2) is 0 Å². The van der Waals surface area contributed by atoms with Gasteiger partial charge < -0.3 is 9.47 Å². The van der Waals surface area contributed by atoms with E-state index in [0.717, 1.165) is 30.6 Å². The van der Waals surface area contributed by atoms with Gasteiger partial charge in [-0.05, 0) is 61.4 Å². The highest BCUT2D eigenvalue weighted by atomic mass is 16.5. The molecule has 4 heteroatoms. The molecule has 0 amide bonds. The van der Waals surface area contributed by atoms with Crippen LogP contribution in [0, 0.1) is 12.8 Å². The van der Waals surface area contributed by atoms with Gasteiger partial charge in [0.1, 0.15) is 18.1 Å². The summed E-state index contributed by atoms with van der Waals surface area (Å²) >= 11 is 0. The summed E-state index contributed by atoms with van der Waals surface area (Å²) in [5, 5.41) is 0. The molecule has 3 atom stereocenters. The fraction of sp³-hybridized carbons (Fsp3) is 0.476. The molecular weight excluding hydrogens is 312 g/mol. The fourth-order valence-electron chi connectivity index (χ4n) is 4.41. The number of aromatic nitrogens is 1. The minimum atomic E-state index is 0.498. The van der Waals surface area contributed by atoms with Crippen molar-refractivity contribution >= 4 is 0 Å². The first kappa shape index (κ1) is 16.4. The van der Waals surface area contributed by atoms with Crippen molar-refractivity contribution in [3.63, 3.8) is 0 Å². The van der Waals surface area contributed by atoms with Gasteiger partial charge in [0.25, 0.3) is 0 Å². The molecule has 4 nitrogen and oxygen atoms in total. The van der Waals surface area contributed by atoms with E-state index in [1.54, 1.807) is 7.11 Å². The topological polar surface area (TPSA) is 34.6 Å². The standard InChI is InChI=1S/C21H26N2O2/c1-15-12-22-9-8-17(15)13-23-18-7-6-16(10-18)21(23)14-25-20-5-3-4-19(11-20)24-2/h3-5,8-9,11-12,16,18,21H,6-7,10,13-14H2,1-2H3/t16-,18-,21+/m1/s1. The number of benzene rings is 1. The molecule has 0 radical (unpaired) electrons. The summed E-state index contributed by atoms with van der Waals surface area (Å²) in [7, 11) is 1.69. The molecule has 2 bridgehead atoms. The van der Waals surface area contributed by atoms with Gasteiger partial charge in [-0.15, -0.1) is 0 Å². The van der Waals surface area contributed by atoms with Gasteiger partial charge in [0.2, 0.25) is 0 Å². The van der Waals surface area contributed by atoms with Crippen LogP contribution < -0.4 is 9.47 Å². The number of nitrogens with zero attached hydrogens (tertiary/aromatic N) is 2. The number of hydrogen-bond donors (Lipinski definition) is 0. The molecule has 2 aliphatic rings. The zero-order valence-corrected chi connectivity index (χ0v) is 15.0. The van der Waals surface area contributed by atoms with E-state index in [-0.39, 0.29) is 0 Å². The molecule has 1 saturated carbocycles. The molecule has 4 rings (SSSR count). The van der Waals surface area contributed by atoms with Gasteiger partial charge in [-0.1, -0.05) is 6.07 Å². The van der Waals surface area contributed by atoms with Gasteiger partial charge in [-0.3, -0.25) is 9.88 Å². The Balaban J connectivity index is 1.46. The molecule has 2 fully saturated rings. The molecule has 0 unspecified atom stereocenters. The highest BCUT2D eigenvalue weighted by Crippen LogP contribution is 2.43. The van der Waals surface area contributed by atoms with E-state index in [1.807, 2.05) is 36.7 Å². The van der Waals surface area contributed by atoms with Crippen LogP contribution in [0.5, 0.6) is 11.5 Å². The van der Waals surface area contributed by atoms with Gasteiger partial charge in [0, 0.05) is 37.1 Å². The van der Waals surface area contributed by atoms with Gasteiger partial charge in [-0.2, -0.15) is 0 Å². The van der Waals surface area contributed by atoms with Crippen molar-refractivity contribution in [1.29, 1.82) is 0 Å². The molecule has 0 spiro atoms. The highest BCUT2D eigenvalue weighted by molar-refractivity contribution is 5.33. The number of ether oxygens (including phenoxy) is 2. The van der Waals surface area contributed by atoms with E-state index in [1.165, 1.54) is 30.4 Å². The van der Waals surface area contributed by atoms with Crippen LogP contribution in [0.3, 0.4) is 0 Å². The number of piperidine rings is 1. The predicted molar refractivity (Wildman–Crippen MR) is 97.9 cm³/mol. The van der Waals surface area contributed by atoms with Crippen LogP contribution in [0.1, 0.15) is 30.4 Å². The lowest BCUT2D eigenvalue weighted by Gasteiger charge is -2.35. The third-order valence-corrected chi connectivity index (χ3v) is 5.84. The minimum Gasteiger partial charge on any atom is -0.497 e. The molecule has 1 aliphatic heterocycles. The Labute approximate surface area is 149 Å². The summed E-state index contributed by atoms with van der Waals surface area (Å²) in [5.41, 5.74) is 2.66. The Morgan fingerprint density at radius 3 is 2.92 bits per heavy atom. The van der Waals surface area contributed by atoms with Crippen molar-refractivity contribution in [3.05, 3.63) is 53.9 Å². The molecule has 1 aromatic carbocycles. The molecule has 1 aromatic heterocycles. The summed E-state index contributed by atoms with van der Waals surface area (Å²) in [6.45, 7) is 3.90. The lowest BCUT2D eigenvalue weighted by Crippen LogP contribution is -2.43. The Kier molecular flexibility index (Phi) is 4.62. The zero-order valence-electron chi connectivity index (χ0n) is 15.0. The third-order valence-electron chi connectivity index (χ3n) is 5.84. The number of likely N-dealkylation sites (tertiary alicyclic amines) is 1. The van der Waals surface area contributed by atoms with Crippen LogP contribution in [0.15, 0.2) is 42.7 Å². The highest BCUT2D eigenvalue weighted by Gasteiger charge is 2.45. The summed E-state index contributed by atoms with van der Waals surface area (Å²) < 4.78 is 11.4. The zero-order chi connectivity index (χ0) is 17.2. The number of fused-ring (bicyclic) bond motifs is 2. The molecular formula is C21H26N2O2. The average molecular weight is 338 g/mol. The number of methoxy groups -OCH3 is 1. The maximum absolute atomic E-state index is 6.15. The van der Waals surface area contributed by atoms with E-state index in [2.05, 4.69) is 22.9 Å². The van der Waals surface area contributed by atoms with E-state index in [9.17, 15) is 0 Å². The van der Waals surface area contributed by atoms with Crippen molar-refractivity contribution in [1.82, 2.24) is 9.88 Å². The van der Waals surface area contributed by atoms with E-state index in [0.29, 0.717) is 12.1 Å². The van der Waals surface area contributed by atoms with Gasteiger partial charge in [0.05, 0.1) is 7.11 Å². The van der Waals surface area contributed by atoms with Crippen molar-refractivity contribution in [2.24, 2.45) is 5.92 Å². The van der Waals surface area contributed by atoms with Crippen LogP contribution in [-0.4, -0.2) is 35.7 Å². The van der Waals surface area contributed by atoms with E-state index >= 15 is 0 Å². The number of rotatable bonds is 6. The second kappa shape index (κ2) is 7.04. The second-order valence-electron chi connectivity index (χ2n) is 7.26. The fourth-order valence-corrected chi connectivity index (χ4v) is 4.41. The van der Waals surface area contributed by atoms with Crippen molar-refractivity contribution in [2.45, 2.75) is 44.8 Å². The first-order valence-corrected chi connectivity index (χ1v) is 9.16. The van der Waals surface area contributed by atoms with E-state index < -0.39 is 0 Å². The lowest BCUT2D eigenvalue weighted by molar-refractivity contribution is 0.0865. The van der Waals surface area contributed by atoms with Crippen LogP contribution in [0.25, 0.3) is 0 Å². The average Bonchev–Trinajstić information content (AvgIpc) is 3.24. The molecule has 1 aliphatic carbocycles. The van der Waals surface area contributed by atoms with Crippen LogP contribution in [0.2, 0.25) is 0 Å².